The maximum Gasteiger partial charge on any atom is 0.226 e. The minimum absolute atomic E-state index is 0.0128. The molecule has 0 aliphatic rings. The first kappa shape index (κ1) is 11.1. The normalized spacial score (nSPS) is 10.6. The molecule has 0 radical (unpaired) electrons. The van der Waals surface area contributed by atoms with Crippen LogP contribution in [0.2, 0.25) is 0 Å². The van der Waals surface area contributed by atoms with E-state index in [2.05, 4.69) is 15.5 Å². The van der Waals surface area contributed by atoms with E-state index in [0.29, 0.717) is 17.5 Å². The Bertz CT molecular complexity index is 309. The van der Waals surface area contributed by atoms with Crippen molar-refractivity contribution in [3.8, 4) is 0 Å². The minimum Gasteiger partial charge on any atom is -0.301 e. The van der Waals surface area contributed by atoms with Gasteiger partial charge in [-0.2, -0.15) is 0 Å². The molecule has 78 valence electrons. The Hall–Kier alpha value is -0.970. The molecule has 0 bridgehead atoms. The molecule has 0 aliphatic heterocycles. The maximum atomic E-state index is 11.3. The lowest BCUT2D eigenvalue weighted by molar-refractivity contribution is -0.116. The van der Waals surface area contributed by atoms with Crippen LogP contribution in [0.4, 0.5) is 5.13 Å². The third-order valence-corrected chi connectivity index (χ3v) is 2.59. The summed E-state index contributed by atoms with van der Waals surface area (Å²) in [6.07, 6.45) is 1.39. The summed E-state index contributed by atoms with van der Waals surface area (Å²) in [4.78, 5) is 11.3. The minimum atomic E-state index is 0.0128. The van der Waals surface area contributed by atoms with Gasteiger partial charge in [0.05, 0.1) is 0 Å². The zero-order valence-electron chi connectivity index (χ0n) is 8.70. The number of nitrogens with one attached hydrogen (secondary N) is 1. The van der Waals surface area contributed by atoms with Gasteiger partial charge in [-0.25, -0.2) is 0 Å². The lowest BCUT2D eigenvalue weighted by Crippen LogP contribution is -2.13. The van der Waals surface area contributed by atoms with Crippen LogP contribution in [0.15, 0.2) is 0 Å². The van der Waals surface area contributed by atoms with Crippen LogP contribution in [0.3, 0.4) is 0 Å². The molecular weight excluding hydrogens is 198 g/mol. The molecule has 0 spiro atoms. The first-order chi connectivity index (χ1) is 6.61. The van der Waals surface area contributed by atoms with E-state index in [1.165, 1.54) is 11.3 Å². The van der Waals surface area contributed by atoms with Crippen molar-refractivity contribution in [2.75, 3.05) is 5.32 Å². The van der Waals surface area contributed by atoms with Crippen LogP contribution >= 0.6 is 11.3 Å². The third-order valence-electron chi connectivity index (χ3n) is 1.61. The van der Waals surface area contributed by atoms with Crippen molar-refractivity contribution in [2.45, 2.75) is 33.6 Å². The highest BCUT2D eigenvalue weighted by atomic mass is 32.1. The molecule has 0 saturated heterocycles. The number of carbonyl (C=O) groups excluding carboxylic acids is 1. The summed E-state index contributed by atoms with van der Waals surface area (Å²) in [5.74, 6) is 0.382. The number of anilines is 1. The number of hydrogen-bond acceptors (Lipinski definition) is 4. The highest BCUT2D eigenvalue weighted by Gasteiger charge is 2.08. The molecule has 1 amide bonds. The number of carbonyl (C=O) groups is 1. The second kappa shape index (κ2) is 5.05. The van der Waals surface area contributed by atoms with E-state index in [-0.39, 0.29) is 5.91 Å². The number of nitrogens with zero attached hydrogens (tertiary/aromatic N) is 2. The number of aromatic nitrogens is 2. The Morgan fingerprint density at radius 2 is 2.21 bits per heavy atom. The van der Waals surface area contributed by atoms with Gasteiger partial charge >= 0.3 is 0 Å². The molecule has 1 N–H and O–H groups in total. The molecule has 0 aromatic carbocycles. The highest BCUT2D eigenvalue weighted by Crippen LogP contribution is 2.15. The van der Waals surface area contributed by atoms with E-state index < -0.39 is 0 Å². The van der Waals surface area contributed by atoms with Crippen LogP contribution in [-0.2, 0) is 11.2 Å². The van der Waals surface area contributed by atoms with Gasteiger partial charge in [0.2, 0.25) is 11.0 Å². The number of hydrogen-bond donors (Lipinski definition) is 1. The standard InChI is InChI=1S/C9H15N3OS/c1-4-8-11-12-9(14-8)10-7(13)5-6(2)3/h6H,4-5H2,1-3H3,(H,10,12,13). The molecule has 0 atom stereocenters. The average Bonchev–Trinajstić information content (AvgIpc) is 2.50. The van der Waals surface area contributed by atoms with Crippen molar-refractivity contribution in [1.29, 1.82) is 0 Å². The van der Waals surface area contributed by atoms with E-state index in [1.54, 1.807) is 0 Å². The maximum absolute atomic E-state index is 11.3. The molecule has 14 heavy (non-hydrogen) atoms. The summed E-state index contributed by atoms with van der Waals surface area (Å²) in [6.45, 7) is 6.04. The summed E-state index contributed by atoms with van der Waals surface area (Å²) in [5, 5.41) is 12.1. The molecule has 4 nitrogen and oxygen atoms in total. The van der Waals surface area contributed by atoms with Crippen molar-refractivity contribution in [3.05, 3.63) is 5.01 Å². The Kier molecular flexibility index (Phi) is 4.00. The SMILES string of the molecule is CCc1nnc(NC(=O)CC(C)C)s1. The Morgan fingerprint density at radius 3 is 2.71 bits per heavy atom. The summed E-state index contributed by atoms with van der Waals surface area (Å²) >= 11 is 1.43. The summed E-state index contributed by atoms with van der Waals surface area (Å²) < 4.78 is 0. The summed E-state index contributed by atoms with van der Waals surface area (Å²) in [7, 11) is 0. The summed E-state index contributed by atoms with van der Waals surface area (Å²) in [5.41, 5.74) is 0. The van der Waals surface area contributed by atoms with Crippen LogP contribution in [0.1, 0.15) is 32.2 Å². The molecule has 1 aromatic rings. The molecule has 1 heterocycles. The van der Waals surface area contributed by atoms with Crippen molar-refractivity contribution >= 4 is 22.4 Å². The zero-order chi connectivity index (χ0) is 10.6. The van der Waals surface area contributed by atoms with E-state index >= 15 is 0 Å². The fourth-order valence-electron chi connectivity index (χ4n) is 0.988. The van der Waals surface area contributed by atoms with Gasteiger partial charge < -0.3 is 5.32 Å². The number of aryl methyl sites for hydroxylation is 1. The fourth-order valence-corrected chi connectivity index (χ4v) is 1.68. The van der Waals surface area contributed by atoms with Gasteiger partial charge in [-0.1, -0.05) is 32.1 Å². The second-order valence-electron chi connectivity index (χ2n) is 3.50. The van der Waals surface area contributed by atoms with Crippen LogP contribution in [0.25, 0.3) is 0 Å². The fraction of sp³-hybridized carbons (Fsp3) is 0.667. The Labute approximate surface area is 87.7 Å². The average molecular weight is 213 g/mol. The highest BCUT2D eigenvalue weighted by molar-refractivity contribution is 7.15. The second-order valence-corrected chi connectivity index (χ2v) is 4.56. The quantitative estimate of drug-likeness (QED) is 0.833. The van der Waals surface area contributed by atoms with Gasteiger partial charge in [0.15, 0.2) is 0 Å². The van der Waals surface area contributed by atoms with Crippen LogP contribution in [-0.4, -0.2) is 16.1 Å². The Morgan fingerprint density at radius 1 is 1.50 bits per heavy atom. The van der Waals surface area contributed by atoms with Gasteiger partial charge in [0, 0.05) is 6.42 Å². The first-order valence-electron chi connectivity index (χ1n) is 4.74. The number of amides is 1. The van der Waals surface area contributed by atoms with Crippen LogP contribution in [0, 0.1) is 5.92 Å². The molecule has 1 aromatic heterocycles. The van der Waals surface area contributed by atoms with Gasteiger partial charge in [-0.3, -0.25) is 4.79 Å². The van der Waals surface area contributed by atoms with Crippen molar-refractivity contribution in [1.82, 2.24) is 10.2 Å². The zero-order valence-corrected chi connectivity index (χ0v) is 9.52. The Balaban J connectivity index is 2.47. The summed E-state index contributed by atoms with van der Waals surface area (Å²) in [6, 6.07) is 0. The predicted octanol–water partition coefficient (Wildman–Crippen LogP) is 2.09. The number of rotatable bonds is 4. The van der Waals surface area contributed by atoms with E-state index in [4.69, 9.17) is 0 Å². The predicted molar refractivity (Wildman–Crippen MR) is 57.4 cm³/mol. The topological polar surface area (TPSA) is 54.9 Å². The molecule has 0 fully saturated rings. The smallest absolute Gasteiger partial charge is 0.226 e. The van der Waals surface area contributed by atoms with Crippen molar-refractivity contribution in [2.24, 2.45) is 5.92 Å². The van der Waals surface area contributed by atoms with Crippen LogP contribution in [0.5, 0.6) is 0 Å². The third kappa shape index (κ3) is 3.41. The molecule has 0 saturated carbocycles. The van der Waals surface area contributed by atoms with Crippen molar-refractivity contribution < 1.29 is 4.79 Å². The lowest BCUT2D eigenvalue weighted by atomic mass is 10.1. The lowest BCUT2D eigenvalue weighted by Gasteiger charge is -2.02. The molecular formula is C9H15N3OS. The van der Waals surface area contributed by atoms with Gasteiger partial charge in [0.1, 0.15) is 5.01 Å². The molecule has 1 rings (SSSR count). The van der Waals surface area contributed by atoms with Gasteiger partial charge in [-0.05, 0) is 12.3 Å². The first-order valence-corrected chi connectivity index (χ1v) is 5.55. The monoisotopic (exact) mass is 213 g/mol. The van der Waals surface area contributed by atoms with Crippen molar-refractivity contribution in [3.63, 3.8) is 0 Å². The molecule has 0 aliphatic carbocycles. The molecule has 5 heteroatoms. The van der Waals surface area contributed by atoms with Gasteiger partial charge in [-0.15, -0.1) is 10.2 Å². The van der Waals surface area contributed by atoms with Gasteiger partial charge in [0.25, 0.3) is 0 Å². The van der Waals surface area contributed by atoms with Crippen LogP contribution < -0.4 is 5.32 Å². The van der Waals surface area contributed by atoms with E-state index in [1.807, 2.05) is 20.8 Å². The van der Waals surface area contributed by atoms with E-state index in [9.17, 15) is 4.79 Å². The van der Waals surface area contributed by atoms with E-state index in [0.717, 1.165) is 11.4 Å². The molecule has 0 unspecified atom stereocenters. The largest absolute Gasteiger partial charge is 0.301 e.